The second-order valence-corrected chi connectivity index (χ2v) is 8.84. The molecule has 1 amide bonds. The number of β-amino-alcohol motifs (C(OH)–C–C–N with tert-alkyl or cyclic N) is 1. The number of amides is 1. The van der Waals surface area contributed by atoms with Gasteiger partial charge in [0.2, 0.25) is 5.91 Å². The van der Waals surface area contributed by atoms with Gasteiger partial charge in [0.25, 0.3) is 0 Å². The van der Waals surface area contributed by atoms with Crippen molar-refractivity contribution in [1.82, 2.24) is 9.80 Å². The van der Waals surface area contributed by atoms with Crippen molar-refractivity contribution in [1.29, 1.82) is 0 Å². The van der Waals surface area contributed by atoms with Gasteiger partial charge in [-0.15, -0.1) is 0 Å². The van der Waals surface area contributed by atoms with E-state index in [1.807, 2.05) is 4.90 Å². The van der Waals surface area contributed by atoms with Gasteiger partial charge >= 0.3 is 0 Å². The number of hydrogen-bond acceptors (Lipinski definition) is 7. The highest BCUT2D eigenvalue weighted by Crippen LogP contribution is 2.29. The molecule has 0 bridgehead atoms. The third-order valence-corrected chi connectivity index (χ3v) is 6.69. The number of ether oxygens (including phenoxy) is 4. The van der Waals surface area contributed by atoms with Gasteiger partial charge in [-0.3, -0.25) is 9.69 Å². The van der Waals surface area contributed by atoms with Crippen LogP contribution in [0.4, 0.5) is 0 Å². The summed E-state index contributed by atoms with van der Waals surface area (Å²) in [6.45, 7) is 6.69. The number of rotatable bonds is 4. The van der Waals surface area contributed by atoms with Crippen molar-refractivity contribution in [3.05, 3.63) is 0 Å². The topological polar surface area (TPSA) is 80.7 Å². The van der Waals surface area contributed by atoms with Crippen molar-refractivity contribution < 1.29 is 28.8 Å². The quantitative estimate of drug-likeness (QED) is 0.710. The van der Waals surface area contributed by atoms with Crippen molar-refractivity contribution in [2.75, 3.05) is 65.8 Å². The van der Waals surface area contributed by atoms with E-state index in [0.717, 1.165) is 45.4 Å². The van der Waals surface area contributed by atoms with Crippen LogP contribution in [0.1, 0.15) is 32.1 Å². The van der Waals surface area contributed by atoms with Gasteiger partial charge in [-0.2, -0.15) is 0 Å². The van der Waals surface area contributed by atoms with E-state index in [4.69, 9.17) is 18.9 Å². The molecule has 0 radical (unpaired) electrons. The Bertz CT molecular complexity index is 523. The van der Waals surface area contributed by atoms with Gasteiger partial charge in [-0.25, -0.2) is 0 Å². The first-order valence-corrected chi connectivity index (χ1v) is 11.3. The molecule has 0 unspecified atom stereocenters. The Labute approximate surface area is 173 Å². The molecule has 0 aromatic rings. The number of aliphatic hydroxyl groups is 1. The van der Waals surface area contributed by atoms with Crippen molar-refractivity contribution in [3.8, 4) is 0 Å². The number of carbonyl (C=O) groups excluding carboxylic acids is 1. The normalized spacial score (nSPS) is 35.6. The van der Waals surface area contributed by atoms with Crippen molar-refractivity contribution >= 4 is 5.91 Å². The minimum atomic E-state index is -0.462. The summed E-state index contributed by atoms with van der Waals surface area (Å²) in [5.74, 6) is 0.774. The molecule has 4 heterocycles. The standard InChI is InChI=1S/C21H36N2O6/c24-17-13-23(12-16-3-7-26-8-4-16)19-2-1-18(29-20(19)15-28-14-17)11-21(25)22-5-9-27-10-6-22/h16-20,24H,1-15H2/t17-,18+,19+,20-/m0/s1. The summed E-state index contributed by atoms with van der Waals surface area (Å²) in [7, 11) is 0. The Morgan fingerprint density at radius 3 is 2.48 bits per heavy atom. The van der Waals surface area contributed by atoms with Crippen LogP contribution in [0.15, 0.2) is 0 Å². The van der Waals surface area contributed by atoms with E-state index in [1.165, 1.54) is 0 Å². The zero-order valence-electron chi connectivity index (χ0n) is 17.4. The Morgan fingerprint density at radius 1 is 0.931 bits per heavy atom. The van der Waals surface area contributed by atoms with E-state index in [9.17, 15) is 9.90 Å². The maximum atomic E-state index is 12.6. The molecule has 4 rings (SSSR count). The van der Waals surface area contributed by atoms with Gasteiger partial charge in [0.05, 0.1) is 51.2 Å². The highest BCUT2D eigenvalue weighted by atomic mass is 16.5. The summed E-state index contributed by atoms with van der Waals surface area (Å²) in [6, 6.07) is 0.238. The van der Waals surface area contributed by atoms with Crippen LogP contribution in [0.2, 0.25) is 0 Å². The van der Waals surface area contributed by atoms with Crippen LogP contribution in [-0.2, 0) is 23.7 Å². The molecule has 1 N–H and O–H groups in total. The van der Waals surface area contributed by atoms with Crippen LogP contribution in [0.25, 0.3) is 0 Å². The summed E-state index contributed by atoms with van der Waals surface area (Å²) in [6.07, 6.45) is 3.89. The van der Waals surface area contributed by atoms with Crippen LogP contribution in [0, 0.1) is 5.92 Å². The fraction of sp³-hybridized carbons (Fsp3) is 0.952. The number of nitrogens with zero attached hydrogens (tertiary/aromatic N) is 2. The number of hydrogen-bond donors (Lipinski definition) is 1. The lowest BCUT2D eigenvalue weighted by atomic mass is 9.92. The third-order valence-electron chi connectivity index (χ3n) is 6.69. The van der Waals surface area contributed by atoms with Gasteiger partial charge in [0.15, 0.2) is 0 Å². The molecule has 166 valence electrons. The highest BCUT2D eigenvalue weighted by molar-refractivity contribution is 5.76. The maximum Gasteiger partial charge on any atom is 0.225 e. The van der Waals surface area contributed by atoms with E-state index >= 15 is 0 Å². The summed E-state index contributed by atoms with van der Waals surface area (Å²) < 4.78 is 23.0. The first-order valence-electron chi connectivity index (χ1n) is 11.3. The molecule has 8 nitrogen and oxygen atoms in total. The number of carbonyl (C=O) groups is 1. The van der Waals surface area contributed by atoms with E-state index in [1.54, 1.807) is 0 Å². The number of aliphatic hydroxyl groups excluding tert-OH is 1. The number of fused-ring (bicyclic) bond motifs is 1. The first-order chi connectivity index (χ1) is 14.2. The molecule has 4 aliphatic rings. The molecule has 0 saturated carbocycles. The third kappa shape index (κ3) is 5.89. The van der Waals surface area contributed by atoms with Gasteiger partial charge in [-0.05, 0) is 31.6 Å². The van der Waals surface area contributed by atoms with Crippen LogP contribution in [0.3, 0.4) is 0 Å². The van der Waals surface area contributed by atoms with Crippen LogP contribution >= 0.6 is 0 Å². The Kier molecular flexibility index (Phi) is 7.77. The summed E-state index contributed by atoms with van der Waals surface area (Å²) in [4.78, 5) is 16.9. The summed E-state index contributed by atoms with van der Waals surface area (Å²) >= 11 is 0. The van der Waals surface area contributed by atoms with Crippen molar-refractivity contribution in [2.24, 2.45) is 5.92 Å². The molecule has 4 atom stereocenters. The van der Waals surface area contributed by atoms with Crippen LogP contribution in [-0.4, -0.2) is 111 Å². The second-order valence-electron chi connectivity index (χ2n) is 8.84. The maximum absolute atomic E-state index is 12.6. The molecule has 29 heavy (non-hydrogen) atoms. The molecule has 0 spiro atoms. The fourth-order valence-electron chi connectivity index (χ4n) is 5.05. The molecule has 0 aromatic heterocycles. The Balaban J connectivity index is 1.35. The first kappa shape index (κ1) is 21.5. The summed E-state index contributed by atoms with van der Waals surface area (Å²) in [5, 5.41) is 10.3. The van der Waals surface area contributed by atoms with E-state index in [-0.39, 0.29) is 24.2 Å². The van der Waals surface area contributed by atoms with E-state index in [2.05, 4.69) is 4.90 Å². The largest absolute Gasteiger partial charge is 0.389 e. The Hall–Kier alpha value is -0.770. The minimum Gasteiger partial charge on any atom is -0.389 e. The lowest BCUT2D eigenvalue weighted by molar-refractivity contribution is -0.163. The van der Waals surface area contributed by atoms with Crippen molar-refractivity contribution in [2.45, 2.75) is 56.5 Å². The van der Waals surface area contributed by atoms with Gasteiger partial charge in [0, 0.05) is 45.4 Å². The SMILES string of the molecule is O=C(C[C@H]1CC[C@@H]2[C@H](COC[C@@H](O)CN2CC2CCOCC2)O1)N1CCOCC1. The van der Waals surface area contributed by atoms with E-state index in [0.29, 0.717) is 58.4 Å². The monoisotopic (exact) mass is 412 g/mol. The van der Waals surface area contributed by atoms with Gasteiger partial charge in [-0.1, -0.05) is 0 Å². The molecule has 4 fully saturated rings. The molecular weight excluding hydrogens is 376 g/mol. The Morgan fingerprint density at radius 2 is 1.69 bits per heavy atom. The smallest absolute Gasteiger partial charge is 0.225 e. The molecule has 8 heteroatoms. The average Bonchev–Trinajstić information content (AvgIpc) is 2.74. The van der Waals surface area contributed by atoms with Crippen molar-refractivity contribution in [3.63, 3.8) is 0 Å². The van der Waals surface area contributed by atoms with E-state index < -0.39 is 6.10 Å². The van der Waals surface area contributed by atoms with Gasteiger partial charge < -0.3 is 29.0 Å². The fourth-order valence-corrected chi connectivity index (χ4v) is 5.05. The number of morpholine rings is 1. The zero-order chi connectivity index (χ0) is 20.1. The van der Waals surface area contributed by atoms with Crippen LogP contribution in [0.5, 0.6) is 0 Å². The average molecular weight is 413 g/mol. The predicted molar refractivity (Wildman–Crippen MR) is 106 cm³/mol. The lowest BCUT2D eigenvalue weighted by Gasteiger charge is -2.46. The molecule has 4 aliphatic heterocycles. The van der Waals surface area contributed by atoms with Gasteiger partial charge in [0.1, 0.15) is 0 Å². The van der Waals surface area contributed by atoms with Crippen LogP contribution < -0.4 is 0 Å². The molecule has 0 aliphatic carbocycles. The lowest BCUT2D eigenvalue weighted by Crippen LogP contribution is -2.57. The predicted octanol–water partition coefficient (Wildman–Crippen LogP) is 0.271. The zero-order valence-corrected chi connectivity index (χ0v) is 17.4. The summed E-state index contributed by atoms with van der Waals surface area (Å²) in [5.41, 5.74) is 0. The second kappa shape index (κ2) is 10.5. The molecular formula is C21H36N2O6. The molecule has 4 saturated heterocycles. The highest BCUT2D eigenvalue weighted by Gasteiger charge is 2.39. The molecule has 0 aromatic carbocycles. The minimum absolute atomic E-state index is 0.0430.